The lowest BCUT2D eigenvalue weighted by molar-refractivity contribution is -0.227. The molecule has 1 saturated heterocycles. The summed E-state index contributed by atoms with van der Waals surface area (Å²) in [5, 5.41) is 9.00. The van der Waals surface area contributed by atoms with E-state index in [1.54, 1.807) is 16.7 Å². The molecule has 1 aromatic carbocycles. The first-order valence-corrected chi connectivity index (χ1v) is 7.66. The molecule has 116 valence electrons. The summed E-state index contributed by atoms with van der Waals surface area (Å²) in [6.07, 6.45) is -3.18. The number of halogens is 3. The Morgan fingerprint density at radius 3 is 2.43 bits per heavy atom. The number of thioether (sulfide) groups is 1. The van der Waals surface area contributed by atoms with Gasteiger partial charge in [-0.15, -0.1) is 11.8 Å². The van der Waals surface area contributed by atoms with E-state index in [0.29, 0.717) is 6.54 Å². The number of likely N-dealkylation sites (tertiary alicyclic amines) is 1. The smallest absolute Gasteiger partial charge is 0.406 e. The van der Waals surface area contributed by atoms with Gasteiger partial charge in [0.05, 0.1) is 0 Å². The van der Waals surface area contributed by atoms with Crippen LogP contribution < -0.4 is 0 Å². The number of hydrogen-bond acceptors (Lipinski definition) is 3. The minimum atomic E-state index is -4.73. The minimum absolute atomic E-state index is 0.135. The first kappa shape index (κ1) is 16.2. The lowest BCUT2D eigenvalue weighted by Gasteiger charge is -2.27. The van der Waals surface area contributed by atoms with Gasteiger partial charge in [0, 0.05) is 24.5 Å². The average Bonchev–Trinajstić information content (AvgIpc) is 2.84. The predicted molar refractivity (Wildman–Crippen MR) is 74.2 cm³/mol. The Bertz CT molecular complexity index is 518. The van der Waals surface area contributed by atoms with Gasteiger partial charge in [-0.25, -0.2) is 0 Å². The van der Waals surface area contributed by atoms with Crippen LogP contribution in [0.1, 0.15) is 12.0 Å². The van der Waals surface area contributed by atoms with Gasteiger partial charge in [-0.3, -0.25) is 9.69 Å². The van der Waals surface area contributed by atoms with Crippen molar-refractivity contribution in [2.75, 3.05) is 19.3 Å². The maximum atomic E-state index is 13.1. The van der Waals surface area contributed by atoms with Crippen LogP contribution in [-0.4, -0.2) is 41.5 Å². The van der Waals surface area contributed by atoms with E-state index in [9.17, 15) is 18.0 Å². The normalized spacial score (nSPS) is 23.4. The largest absolute Gasteiger partial charge is 0.481 e. The van der Waals surface area contributed by atoms with Crippen molar-refractivity contribution in [3.05, 3.63) is 29.8 Å². The van der Waals surface area contributed by atoms with Gasteiger partial charge in [0.1, 0.15) is 0 Å². The molecule has 1 atom stereocenters. The van der Waals surface area contributed by atoms with Crippen LogP contribution in [0, 0.1) is 5.41 Å². The Kier molecular flexibility index (Phi) is 4.53. The highest BCUT2D eigenvalue weighted by Crippen LogP contribution is 2.46. The summed E-state index contributed by atoms with van der Waals surface area (Å²) in [5.41, 5.74) is -1.75. The Morgan fingerprint density at radius 1 is 1.38 bits per heavy atom. The minimum Gasteiger partial charge on any atom is -0.481 e. The summed E-state index contributed by atoms with van der Waals surface area (Å²) in [6.45, 7) is -0.0219. The highest BCUT2D eigenvalue weighted by molar-refractivity contribution is 7.98. The van der Waals surface area contributed by atoms with Gasteiger partial charge >= 0.3 is 12.1 Å². The van der Waals surface area contributed by atoms with Crippen LogP contribution >= 0.6 is 11.8 Å². The molecule has 1 N–H and O–H groups in total. The van der Waals surface area contributed by atoms with Gasteiger partial charge in [-0.1, -0.05) is 12.1 Å². The highest BCUT2D eigenvalue weighted by atomic mass is 32.2. The number of nitrogens with zero attached hydrogens (tertiary/aromatic N) is 1. The SMILES string of the molecule is CSc1ccc(CN2CCC(C(=O)O)(C(F)(F)F)C2)cc1. The van der Waals surface area contributed by atoms with Crippen molar-refractivity contribution in [1.29, 1.82) is 0 Å². The van der Waals surface area contributed by atoms with Gasteiger partial charge in [-0.2, -0.15) is 13.2 Å². The molecule has 21 heavy (non-hydrogen) atoms. The topological polar surface area (TPSA) is 40.5 Å². The zero-order valence-corrected chi connectivity index (χ0v) is 12.3. The molecule has 0 bridgehead atoms. The molecule has 7 heteroatoms. The Labute approximate surface area is 125 Å². The van der Waals surface area contributed by atoms with Gasteiger partial charge in [0.2, 0.25) is 0 Å². The second-order valence-corrected chi connectivity index (χ2v) is 6.07. The van der Waals surface area contributed by atoms with E-state index in [1.807, 2.05) is 30.5 Å². The summed E-state index contributed by atoms with van der Waals surface area (Å²) < 4.78 is 39.2. The van der Waals surface area contributed by atoms with Crippen molar-refractivity contribution in [2.45, 2.75) is 24.0 Å². The monoisotopic (exact) mass is 319 g/mol. The molecule has 2 rings (SSSR count). The standard InChI is InChI=1S/C14H16F3NO2S/c1-21-11-4-2-10(3-5-11)8-18-7-6-13(9-18,12(19)20)14(15,16)17/h2-5H,6-9H2,1H3,(H,19,20). The Morgan fingerprint density at radius 2 is 2.00 bits per heavy atom. The molecular formula is C14H16F3NO2S. The molecule has 0 amide bonds. The summed E-state index contributed by atoms with van der Waals surface area (Å²) in [6, 6.07) is 7.54. The maximum absolute atomic E-state index is 13.1. The molecule has 1 aliphatic rings. The van der Waals surface area contributed by atoms with Crippen LogP contribution in [-0.2, 0) is 11.3 Å². The molecule has 1 aliphatic heterocycles. The van der Waals surface area contributed by atoms with E-state index in [0.717, 1.165) is 10.5 Å². The lowest BCUT2D eigenvalue weighted by atomic mass is 9.86. The van der Waals surface area contributed by atoms with Crippen LogP contribution in [0.3, 0.4) is 0 Å². The third-order valence-corrected chi connectivity index (χ3v) is 4.61. The highest BCUT2D eigenvalue weighted by Gasteiger charge is 2.63. The summed E-state index contributed by atoms with van der Waals surface area (Å²) in [4.78, 5) is 13.7. The third kappa shape index (κ3) is 3.18. The summed E-state index contributed by atoms with van der Waals surface area (Å²) >= 11 is 1.59. The predicted octanol–water partition coefficient (Wildman–Crippen LogP) is 3.25. The van der Waals surface area contributed by atoms with Crippen LogP contribution in [0.4, 0.5) is 13.2 Å². The molecule has 3 nitrogen and oxygen atoms in total. The van der Waals surface area contributed by atoms with Gasteiger partial charge in [0.25, 0.3) is 0 Å². The van der Waals surface area contributed by atoms with Crippen molar-refractivity contribution in [1.82, 2.24) is 4.90 Å². The Hall–Kier alpha value is -1.21. The van der Waals surface area contributed by atoms with E-state index in [-0.39, 0.29) is 6.54 Å². The summed E-state index contributed by atoms with van der Waals surface area (Å²) in [5.74, 6) is -1.78. The molecule has 1 aromatic rings. The van der Waals surface area contributed by atoms with E-state index >= 15 is 0 Å². The average molecular weight is 319 g/mol. The molecule has 0 aliphatic carbocycles. The summed E-state index contributed by atoms with van der Waals surface area (Å²) in [7, 11) is 0. The number of carbonyl (C=O) groups is 1. The molecule has 0 spiro atoms. The fourth-order valence-electron chi connectivity index (χ4n) is 2.54. The molecular weight excluding hydrogens is 303 g/mol. The van der Waals surface area contributed by atoms with Crippen LogP contribution in [0.5, 0.6) is 0 Å². The van der Waals surface area contributed by atoms with Crippen molar-refractivity contribution in [3.63, 3.8) is 0 Å². The van der Waals surface area contributed by atoms with Gasteiger partial charge < -0.3 is 5.11 Å². The third-order valence-electron chi connectivity index (χ3n) is 3.87. The quantitative estimate of drug-likeness (QED) is 0.865. The van der Waals surface area contributed by atoms with Crippen molar-refractivity contribution in [3.8, 4) is 0 Å². The molecule has 1 fully saturated rings. The number of hydrogen-bond donors (Lipinski definition) is 1. The van der Waals surface area contributed by atoms with Crippen LogP contribution in [0.15, 0.2) is 29.2 Å². The molecule has 1 heterocycles. The maximum Gasteiger partial charge on any atom is 0.406 e. The lowest BCUT2D eigenvalue weighted by Crippen LogP contribution is -2.47. The van der Waals surface area contributed by atoms with E-state index < -0.39 is 30.5 Å². The number of benzene rings is 1. The fourth-order valence-corrected chi connectivity index (χ4v) is 2.95. The number of rotatable bonds is 4. The molecule has 0 aromatic heterocycles. The molecule has 1 unspecified atom stereocenters. The first-order valence-electron chi connectivity index (χ1n) is 6.44. The first-order chi connectivity index (χ1) is 9.78. The van der Waals surface area contributed by atoms with Crippen molar-refractivity contribution in [2.24, 2.45) is 5.41 Å². The fraction of sp³-hybridized carbons (Fsp3) is 0.500. The van der Waals surface area contributed by atoms with Crippen molar-refractivity contribution < 1.29 is 23.1 Å². The van der Waals surface area contributed by atoms with Crippen LogP contribution in [0.2, 0.25) is 0 Å². The number of alkyl halides is 3. The second kappa shape index (κ2) is 5.88. The second-order valence-electron chi connectivity index (χ2n) is 5.19. The molecule has 0 saturated carbocycles. The number of carboxylic acids is 1. The Balaban J connectivity index is 2.09. The zero-order valence-electron chi connectivity index (χ0n) is 11.5. The van der Waals surface area contributed by atoms with Crippen molar-refractivity contribution >= 4 is 17.7 Å². The van der Waals surface area contributed by atoms with Crippen LogP contribution in [0.25, 0.3) is 0 Å². The van der Waals surface area contributed by atoms with E-state index in [4.69, 9.17) is 5.11 Å². The van der Waals surface area contributed by atoms with Gasteiger partial charge in [0.15, 0.2) is 5.41 Å². The molecule has 0 radical (unpaired) electrons. The van der Waals surface area contributed by atoms with Gasteiger partial charge in [-0.05, 0) is 30.4 Å². The number of carboxylic acid groups (broad SMARTS) is 1. The van der Waals surface area contributed by atoms with E-state index in [1.165, 1.54) is 0 Å². The number of aliphatic carboxylic acids is 1. The zero-order chi connectivity index (χ0) is 15.7. The van der Waals surface area contributed by atoms with E-state index in [2.05, 4.69) is 0 Å².